The van der Waals surface area contributed by atoms with Crippen molar-refractivity contribution in [1.82, 2.24) is 4.90 Å². The predicted molar refractivity (Wildman–Crippen MR) is 92.0 cm³/mol. The standard InChI is InChI=1S/C19H19NO3S/c1-11-6-7-17(24-11)14-9-15(14)18(21)20-10-13-5-3-2-4-12(13)8-16(20)19(22)23/h2-7,14-16H,8-10H2,1H3,(H,22,23)/t14-,15-,16+/m1/s1. The third-order valence-corrected chi connectivity index (χ3v) is 6.18. The van der Waals surface area contributed by atoms with Gasteiger partial charge in [-0.2, -0.15) is 0 Å². The summed E-state index contributed by atoms with van der Waals surface area (Å²) in [5, 5.41) is 9.58. The molecule has 1 saturated carbocycles. The van der Waals surface area contributed by atoms with Crippen molar-refractivity contribution < 1.29 is 14.7 Å². The van der Waals surface area contributed by atoms with Crippen LogP contribution < -0.4 is 0 Å². The maximum Gasteiger partial charge on any atom is 0.326 e. The molecule has 0 spiro atoms. The number of aliphatic carboxylic acids is 1. The van der Waals surface area contributed by atoms with E-state index in [1.165, 1.54) is 9.75 Å². The van der Waals surface area contributed by atoms with Crippen LogP contribution >= 0.6 is 11.3 Å². The van der Waals surface area contributed by atoms with Crippen LogP contribution in [0.15, 0.2) is 36.4 Å². The second kappa shape index (κ2) is 5.74. The van der Waals surface area contributed by atoms with Crippen LogP contribution in [0, 0.1) is 12.8 Å². The lowest BCUT2D eigenvalue weighted by Gasteiger charge is -2.34. The largest absolute Gasteiger partial charge is 0.480 e. The Morgan fingerprint density at radius 3 is 2.58 bits per heavy atom. The molecular weight excluding hydrogens is 322 g/mol. The smallest absolute Gasteiger partial charge is 0.326 e. The van der Waals surface area contributed by atoms with Crippen LogP contribution in [0.5, 0.6) is 0 Å². The van der Waals surface area contributed by atoms with Crippen LogP contribution in [0.1, 0.15) is 33.2 Å². The number of carbonyl (C=O) groups is 2. The number of fused-ring (bicyclic) bond motifs is 1. The number of aryl methyl sites for hydroxylation is 1. The number of amides is 1. The lowest BCUT2D eigenvalue weighted by atomic mass is 9.93. The first-order valence-electron chi connectivity index (χ1n) is 8.21. The molecule has 1 aliphatic heterocycles. The molecule has 3 atom stereocenters. The van der Waals surface area contributed by atoms with E-state index in [2.05, 4.69) is 19.1 Å². The molecule has 1 N–H and O–H groups in total. The second-order valence-electron chi connectivity index (χ2n) is 6.69. The van der Waals surface area contributed by atoms with E-state index < -0.39 is 12.0 Å². The molecule has 124 valence electrons. The van der Waals surface area contributed by atoms with Crippen molar-refractivity contribution in [2.75, 3.05) is 0 Å². The summed E-state index contributed by atoms with van der Waals surface area (Å²) in [4.78, 5) is 28.7. The molecule has 5 heteroatoms. The SMILES string of the molecule is Cc1ccc([C@@H]2C[C@H]2C(=O)N2Cc3ccccc3C[C@H]2C(=O)O)s1. The fourth-order valence-corrected chi connectivity index (χ4v) is 4.68. The Morgan fingerprint density at radius 2 is 1.92 bits per heavy atom. The fraction of sp³-hybridized carbons (Fsp3) is 0.368. The molecular formula is C19H19NO3S. The lowest BCUT2D eigenvalue weighted by molar-refractivity contribution is -0.152. The number of benzene rings is 1. The molecule has 0 radical (unpaired) electrons. The van der Waals surface area contributed by atoms with Crippen molar-refractivity contribution in [3.05, 3.63) is 57.3 Å². The zero-order valence-corrected chi connectivity index (χ0v) is 14.3. The Balaban J connectivity index is 1.56. The second-order valence-corrected chi connectivity index (χ2v) is 8.01. The van der Waals surface area contributed by atoms with Gasteiger partial charge in [0.05, 0.1) is 0 Å². The van der Waals surface area contributed by atoms with E-state index in [9.17, 15) is 14.7 Å². The maximum atomic E-state index is 12.9. The van der Waals surface area contributed by atoms with Gasteiger partial charge < -0.3 is 10.0 Å². The summed E-state index contributed by atoms with van der Waals surface area (Å²) in [6.07, 6.45) is 1.23. The van der Waals surface area contributed by atoms with Crippen LogP contribution in [-0.4, -0.2) is 27.9 Å². The molecule has 1 aliphatic carbocycles. The average Bonchev–Trinajstić information content (AvgIpc) is 3.27. The molecule has 2 aromatic rings. The van der Waals surface area contributed by atoms with Crippen LogP contribution in [0.2, 0.25) is 0 Å². The van der Waals surface area contributed by atoms with Gasteiger partial charge in [-0.1, -0.05) is 24.3 Å². The Hall–Kier alpha value is -2.14. The van der Waals surface area contributed by atoms with E-state index in [-0.39, 0.29) is 17.7 Å². The highest BCUT2D eigenvalue weighted by Crippen LogP contribution is 2.51. The normalized spacial score (nSPS) is 25.2. The molecule has 24 heavy (non-hydrogen) atoms. The summed E-state index contributed by atoms with van der Waals surface area (Å²) in [5.41, 5.74) is 2.10. The molecule has 4 rings (SSSR count). The van der Waals surface area contributed by atoms with Crippen molar-refractivity contribution >= 4 is 23.2 Å². The molecule has 1 aromatic heterocycles. The summed E-state index contributed by atoms with van der Waals surface area (Å²) in [6, 6.07) is 11.2. The van der Waals surface area contributed by atoms with Crippen molar-refractivity contribution in [2.45, 2.75) is 38.3 Å². The van der Waals surface area contributed by atoms with Crippen LogP contribution in [-0.2, 0) is 22.6 Å². The molecule has 1 fully saturated rings. The minimum atomic E-state index is -0.915. The van der Waals surface area contributed by atoms with Crippen molar-refractivity contribution in [3.63, 3.8) is 0 Å². The van der Waals surface area contributed by atoms with Gasteiger partial charge in [-0.3, -0.25) is 4.79 Å². The fourth-order valence-electron chi connectivity index (χ4n) is 3.62. The summed E-state index contributed by atoms with van der Waals surface area (Å²) >= 11 is 1.73. The lowest BCUT2D eigenvalue weighted by Crippen LogP contribution is -2.49. The highest BCUT2D eigenvalue weighted by molar-refractivity contribution is 7.12. The van der Waals surface area contributed by atoms with Gasteiger partial charge in [0.1, 0.15) is 6.04 Å². The molecule has 0 unspecified atom stereocenters. The zero-order valence-electron chi connectivity index (χ0n) is 13.4. The van der Waals surface area contributed by atoms with Crippen molar-refractivity contribution in [3.8, 4) is 0 Å². The summed E-state index contributed by atoms with van der Waals surface area (Å²) in [7, 11) is 0. The minimum absolute atomic E-state index is 0.00652. The van der Waals surface area contributed by atoms with Gasteiger partial charge in [-0.05, 0) is 36.6 Å². The van der Waals surface area contributed by atoms with Gasteiger partial charge in [0.2, 0.25) is 5.91 Å². The number of rotatable bonds is 3. The molecule has 2 aliphatic rings. The first-order chi connectivity index (χ1) is 11.5. The van der Waals surface area contributed by atoms with Crippen LogP contribution in [0.4, 0.5) is 0 Å². The van der Waals surface area contributed by atoms with E-state index in [0.717, 1.165) is 17.5 Å². The average molecular weight is 341 g/mol. The van der Waals surface area contributed by atoms with Gasteiger partial charge in [0, 0.05) is 34.6 Å². The quantitative estimate of drug-likeness (QED) is 0.933. The summed E-state index contributed by atoms with van der Waals surface area (Å²) < 4.78 is 0. The Morgan fingerprint density at radius 1 is 1.17 bits per heavy atom. The number of nitrogens with zero attached hydrogens (tertiary/aromatic N) is 1. The van der Waals surface area contributed by atoms with Crippen LogP contribution in [0.25, 0.3) is 0 Å². The molecule has 1 amide bonds. The van der Waals surface area contributed by atoms with Gasteiger partial charge in [-0.15, -0.1) is 11.3 Å². The highest BCUT2D eigenvalue weighted by atomic mass is 32.1. The minimum Gasteiger partial charge on any atom is -0.480 e. The van der Waals surface area contributed by atoms with E-state index in [4.69, 9.17) is 0 Å². The Labute approximate surface area is 144 Å². The maximum absolute atomic E-state index is 12.9. The zero-order chi connectivity index (χ0) is 16.8. The van der Waals surface area contributed by atoms with E-state index in [1.54, 1.807) is 16.2 Å². The van der Waals surface area contributed by atoms with Gasteiger partial charge in [-0.25, -0.2) is 4.79 Å². The van der Waals surface area contributed by atoms with E-state index in [1.807, 2.05) is 24.3 Å². The Bertz CT molecular complexity index is 812. The number of thiophene rings is 1. The van der Waals surface area contributed by atoms with Crippen molar-refractivity contribution in [1.29, 1.82) is 0 Å². The first kappa shape index (κ1) is 15.4. The molecule has 2 heterocycles. The Kier molecular flexibility index (Phi) is 3.68. The predicted octanol–water partition coefficient (Wildman–Crippen LogP) is 3.20. The number of carboxylic acid groups (broad SMARTS) is 1. The van der Waals surface area contributed by atoms with Gasteiger partial charge in [0.25, 0.3) is 0 Å². The third kappa shape index (κ3) is 2.63. The van der Waals surface area contributed by atoms with E-state index in [0.29, 0.717) is 13.0 Å². The summed E-state index contributed by atoms with van der Waals surface area (Å²) in [6.45, 7) is 2.47. The monoisotopic (exact) mass is 341 g/mol. The number of hydrogen-bond acceptors (Lipinski definition) is 3. The van der Waals surface area contributed by atoms with Crippen molar-refractivity contribution in [2.24, 2.45) is 5.92 Å². The third-order valence-electron chi connectivity index (χ3n) is 5.05. The number of carbonyl (C=O) groups excluding carboxylic acids is 1. The summed E-state index contributed by atoms with van der Waals surface area (Å²) in [5.74, 6) is -0.715. The first-order valence-corrected chi connectivity index (χ1v) is 9.02. The van der Waals surface area contributed by atoms with Gasteiger partial charge in [0.15, 0.2) is 0 Å². The number of hydrogen-bond donors (Lipinski definition) is 1. The topological polar surface area (TPSA) is 57.6 Å². The van der Waals surface area contributed by atoms with E-state index >= 15 is 0 Å². The molecule has 4 nitrogen and oxygen atoms in total. The molecule has 0 saturated heterocycles. The number of carboxylic acids is 1. The van der Waals surface area contributed by atoms with Gasteiger partial charge >= 0.3 is 5.97 Å². The van der Waals surface area contributed by atoms with Crippen LogP contribution in [0.3, 0.4) is 0 Å². The molecule has 0 bridgehead atoms. The highest BCUT2D eigenvalue weighted by Gasteiger charge is 2.49. The molecule has 1 aromatic carbocycles.